The van der Waals surface area contributed by atoms with E-state index < -0.39 is 0 Å². The smallest absolute Gasteiger partial charge is 0.147 e. The van der Waals surface area contributed by atoms with Gasteiger partial charge in [0.2, 0.25) is 0 Å². The summed E-state index contributed by atoms with van der Waals surface area (Å²) in [4.78, 5) is 8.60. The molecule has 3 nitrogen and oxygen atoms in total. The van der Waals surface area contributed by atoms with Gasteiger partial charge in [0.15, 0.2) is 0 Å². The van der Waals surface area contributed by atoms with E-state index in [0.29, 0.717) is 6.04 Å². The number of rotatable bonds is 1. The van der Waals surface area contributed by atoms with Crippen LogP contribution in [-0.2, 0) is 0 Å². The number of nitrogens with one attached hydrogen (secondary N) is 1. The van der Waals surface area contributed by atoms with Gasteiger partial charge >= 0.3 is 0 Å². The van der Waals surface area contributed by atoms with Crippen LogP contribution in [0.5, 0.6) is 0 Å². The van der Waals surface area contributed by atoms with Crippen LogP contribution in [0.15, 0.2) is 27.8 Å². The fraction of sp³-hybridized carbons (Fsp3) is 0.333. The quantitative estimate of drug-likeness (QED) is 0.809. The van der Waals surface area contributed by atoms with Gasteiger partial charge in [-0.3, -0.25) is 9.98 Å². The third-order valence-corrected chi connectivity index (χ3v) is 2.35. The molecule has 0 radical (unpaired) electrons. The number of hydrogen-bond acceptors (Lipinski definition) is 3. The van der Waals surface area contributed by atoms with Crippen molar-refractivity contribution in [2.45, 2.75) is 13.0 Å². The summed E-state index contributed by atoms with van der Waals surface area (Å²) in [5.74, 6) is 0.903. The first kappa shape index (κ1) is 8.69. The minimum absolute atomic E-state index is 0.431. The molecule has 0 bridgehead atoms. The van der Waals surface area contributed by atoms with Gasteiger partial charge < -0.3 is 5.32 Å². The third kappa shape index (κ3) is 1.88. The zero-order chi connectivity index (χ0) is 9.26. The van der Waals surface area contributed by atoms with Crippen LogP contribution in [0, 0.1) is 0 Å². The second-order valence-corrected chi connectivity index (χ2v) is 4.01. The van der Waals surface area contributed by atoms with E-state index in [4.69, 9.17) is 0 Å². The van der Waals surface area contributed by atoms with E-state index in [9.17, 15) is 0 Å². The number of amidine groups is 1. The Kier molecular flexibility index (Phi) is 2.31. The van der Waals surface area contributed by atoms with Gasteiger partial charge in [0.05, 0.1) is 6.54 Å². The fourth-order valence-electron chi connectivity index (χ4n) is 1.22. The highest BCUT2D eigenvalue weighted by atomic mass is 79.9. The van der Waals surface area contributed by atoms with E-state index in [1.54, 1.807) is 6.20 Å². The maximum atomic E-state index is 4.34. The summed E-state index contributed by atoms with van der Waals surface area (Å²) in [6.45, 7) is 2.95. The first-order chi connectivity index (χ1) is 6.25. The van der Waals surface area contributed by atoms with Crippen molar-refractivity contribution in [3.05, 3.63) is 28.5 Å². The summed E-state index contributed by atoms with van der Waals surface area (Å²) in [5.41, 5.74) is 0.910. The van der Waals surface area contributed by atoms with Crippen molar-refractivity contribution >= 4 is 21.8 Å². The third-order valence-electron chi connectivity index (χ3n) is 1.88. The number of hydrogen-bond donors (Lipinski definition) is 1. The van der Waals surface area contributed by atoms with Crippen molar-refractivity contribution in [2.24, 2.45) is 4.99 Å². The lowest BCUT2D eigenvalue weighted by Gasteiger charge is -2.04. The van der Waals surface area contributed by atoms with E-state index >= 15 is 0 Å². The highest BCUT2D eigenvalue weighted by Crippen LogP contribution is 2.09. The molecule has 0 aliphatic carbocycles. The molecule has 1 aromatic rings. The van der Waals surface area contributed by atoms with Crippen LogP contribution in [0.4, 0.5) is 0 Å². The average Bonchev–Trinajstić information content (AvgIpc) is 2.53. The maximum absolute atomic E-state index is 4.34. The van der Waals surface area contributed by atoms with E-state index in [-0.39, 0.29) is 0 Å². The predicted molar refractivity (Wildman–Crippen MR) is 55.9 cm³/mol. The largest absolute Gasteiger partial charge is 0.364 e. The minimum atomic E-state index is 0.431. The molecule has 0 amide bonds. The van der Waals surface area contributed by atoms with Crippen molar-refractivity contribution in [2.75, 3.05) is 6.54 Å². The molecule has 2 rings (SSSR count). The molecule has 0 spiro atoms. The lowest BCUT2D eigenvalue weighted by Crippen LogP contribution is -2.28. The van der Waals surface area contributed by atoms with E-state index in [0.717, 1.165) is 22.5 Å². The van der Waals surface area contributed by atoms with Crippen LogP contribution in [-0.4, -0.2) is 23.4 Å². The molecule has 1 atom stereocenters. The monoisotopic (exact) mass is 239 g/mol. The molecular weight excluding hydrogens is 230 g/mol. The molecule has 0 fully saturated rings. The molecule has 0 aromatic carbocycles. The van der Waals surface area contributed by atoms with E-state index in [2.05, 4.69) is 38.1 Å². The molecule has 13 heavy (non-hydrogen) atoms. The van der Waals surface area contributed by atoms with Crippen LogP contribution in [0.3, 0.4) is 0 Å². The zero-order valence-electron chi connectivity index (χ0n) is 7.29. The van der Waals surface area contributed by atoms with Gasteiger partial charge in [-0.05, 0) is 35.0 Å². The first-order valence-corrected chi connectivity index (χ1v) is 4.98. The van der Waals surface area contributed by atoms with E-state index in [1.165, 1.54) is 0 Å². The Morgan fingerprint density at radius 3 is 2.92 bits per heavy atom. The summed E-state index contributed by atoms with van der Waals surface area (Å²) >= 11 is 3.34. The summed E-state index contributed by atoms with van der Waals surface area (Å²) in [6.07, 6.45) is 1.78. The molecular formula is C9H10BrN3. The second-order valence-electron chi connectivity index (χ2n) is 3.10. The number of halogens is 1. The zero-order valence-corrected chi connectivity index (χ0v) is 8.87. The molecule has 2 heterocycles. The fourth-order valence-corrected chi connectivity index (χ4v) is 1.46. The van der Waals surface area contributed by atoms with Gasteiger partial charge in [0.1, 0.15) is 11.5 Å². The van der Waals surface area contributed by atoms with Crippen LogP contribution in [0.2, 0.25) is 0 Å². The van der Waals surface area contributed by atoms with Crippen molar-refractivity contribution < 1.29 is 0 Å². The molecule has 68 valence electrons. The second kappa shape index (κ2) is 3.46. The normalized spacial score (nSPS) is 21.1. The van der Waals surface area contributed by atoms with Crippen molar-refractivity contribution in [3.63, 3.8) is 0 Å². The lowest BCUT2D eigenvalue weighted by atomic mass is 10.3. The summed E-state index contributed by atoms with van der Waals surface area (Å²) in [6, 6.07) is 4.35. The number of pyridine rings is 1. The standard InChI is InChI=1S/C9H10BrN3/c1-6-4-12-9(13-6)8-3-2-7(10)5-11-8/h2-3,5-6H,4H2,1H3,(H,12,13). The predicted octanol–water partition coefficient (Wildman–Crippen LogP) is 1.58. The average molecular weight is 240 g/mol. The molecule has 4 heteroatoms. The first-order valence-electron chi connectivity index (χ1n) is 4.18. The molecule has 1 aromatic heterocycles. The van der Waals surface area contributed by atoms with Crippen molar-refractivity contribution in [1.82, 2.24) is 10.3 Å². The molecule has 0 saturated heterocycles. The van der Waals surface area contributed by atoms with Gasteiger partial charge in [-0.1, -0.05) is 0 Å². The van der Waals surface area contributed by atoms with Crippen LogP contribution >= 0.6 is 15.9 Å². The van der Waals surface area contributed by atoms with Gasteiger partial charge in [0, 0.05) is 16.7 Å². The number of nitrogens with zero attached hydrogens (tertiary/aromatic N) is 2. The van der Waals surface area contributed by atoms with Crippen molar-refractivity contribution in [3.8, 4) is 0 Å². The summed E-state index contributed by atoms with van der Waals surface area (Å²) in [7, 11) is 0. The summed E-state index contributed by atoms with van der Waals surface area (Å²) < 4.78 is 0.989. The lowest BCUT2D eigenvalue weighted by molar-refractivity contribution is 0.725. The maximum Gasteiger partial charge on any atom is 0.147 e. The van der Waals surface area contributed by atoms with Gasteiger partial charge in [-0.2, -0.15) is 0 Å². The Bertz CT molecular complexity index is 331. The number of aromatic nitrogens is 1. The Morgan fingerprint density at radius 1 is 1.54 bits per heavy atom. The molecule has 1 aliphatic heterocycles. The van der Waals surface area contributed by atoms with Gasteiger partial charge in [-0.15, -0.1) is 0 Å². The van der Waals surface area contributed by atoms with Gasteiger partial charge in [0.25, 0.3) is 0 Å². The van der Waals surface area contributed by atoms with Crippen LogP contribution in [0.1, 0.15) is 12.6 Å². The summed E-state index contributed by atoms with van der Waals surface area (Å²) in [5, 5.41) is 3.26. The van der Waals surface area contributed by atoms with Crippen molar-refractivity contribution in [1.29, 1.82) is 0 Å². The molecule has 1 unspecified atom stereocenters. The Hall–Kier alpha value is -0.900. The minimum Gasteiger partial charge on any atom is -0.364 e. The van der Waals surface area contributed by atoms with Crippen LogP contribution in [0.25, 0.3) is 0 Å². The SMILES string of the molecule is CC1CN=C(c2ccc(Br)cn2)N1. The Morgan fingerprint density at radius 2 is 2.38 bits per heavy atom. The highest BCUT2D eigenvalue weighted by molar-refractivity contribution is 9.10. The topological polar surface area (TPSA) is 37.3 Å². The Labute approximate surface area is 85.4 Å². The number of aliphatic imine (C=N–C) groups is 1. The molecule has 1 aliphatic rings. The molecule has 0 saturated carbocycles. The molecule has 1 N–H and O–H groups in total. The van der Waals surface area contributed by atoms with Crippen LogP contribution < -0.4 is 5.32 Å². The highest BCUT2D eigenvalue weighted by Gasteiger charge is 2.14. The Balaban J connectivity index is 2.22. The van der Waals surface area contributed by atoms with E-state index in [1.807, 2.05) is 12.1 Å². The van der Waals surface area contributed by atoms with Gasteiger partial charge in [-0.25, -0.2) is 0 Å².